The van der Waals surface area contributed by atoms with Crippen molar-refractivity contribution in [1.82, 2.24) is 0 Å². The van der Waals surface area contributed by atoms with Gasteiger partial charge in [-0.2, -0.15) is 0 Å². The van der Waals surface area contributed by atoms with Crippen molar-refractivity contribution < 1.29 is 13.3 Å². The second-order valence-corrected chi connectivity index (χ2v) is 4.92. The van der Waals surface area contributed by atoms with Gasteiger partial charge in [0.15, 0.2) is 9.84 Å². The van der Waals surface area contributed by atoms with Crippen molar-refractivity contribution in [3.63, 3.8) is 0 Å². The third-order valence-corrected chi connectivity index (χ3v) is 2.22. The van der Waals surface area contributed by atoms with E-state index in [1.165, 1.54) is 24.3 Å². The number of non-ortho nitro benzene ring substituents is 1. The minimum absolute atomic E-state index is 0.0642. The fourth-order valence-electron chi connectivity index (χ4n) is 0.944. The maximum atomic E-state index is 10.8. The second-order valence-electron chi connectivity index (χ2n) is 2.98. The monoisotopic (exact) mass is 227 g/mol. The number of nitro benzene ring substituents is 1. The molecule has 5 nitrogen and oxygen atoms in total. The predicted octanol–water partition coefficient (Wildman–Crippen LogP) is 1.61. The van der Waals surface area contributed by atoms with Crippen LogP contribution in [-0.2, 0) is 9.84 Å². The summed E-state index contributed by atoms with van der Waals surface area (Å²) in [6, 6.07) is 5.74. The lowest BCUT2D eigenvalue weighted by molar-refractivity contribution is -0.384. The Hall–Kier alpha value is -1.69. The van der Waals surface area contributed by atoms with Crippen LogP contribution < -0.4 is 0 Å². The summed E-state index contributed by atoms with van der Waals surface area (Å²) in [6.45, 7) is 0. The summed E-state index contributed by atoms with van der Waals surface area (Å²) in [5, 5.41) is 11.4. The Bertz CT molecular complexity index is 505. The van der Waals surface area contributed by atoms with Gasteiger partial charge in [0, 0.05) is 23.8 Å². The van der Waals surface area contributed by atoms with E-state index in [0.717, 1.165) is 11.7 Å². The van der Waals surface area contributed by atoms with Gasteiger partial charge in [-0.3, -0.25) is 10.1 Å². The lowest BCUT2D eigenvalue weighted by Gasteiger charge is -1.93. The maximum absolute atomic E-state index is 10.8. The van der Waals surface area contributed by atoms with Crippen LogP contribution in [0.25, 0.3) is 6.08 Å². The van der Waals surface area contributed by atoms with Gasteiger partial charge in [-0.05, 0) is 11.6 Å². The number of rotatable bonds is 3. The average Bonchev–Trinajstić information content (AvgIpc) is 2.14. The Morgan fingerprint density at radius 1 is 1.40 bits per heavy atom. The van der Waals surface area contributed by atoms with Crippen LogP contribution in [0.4, 0.5) is 5.69 Å². The highest BCUT2D eigenvalue weighted by Crippen LogP contribution is 2.14. The molecule has 0 saturated heterocycles. The van der Waals surface area contributed by atoms with Gasteiger partial charge in [0.05, 0.1) is 4.92 Å². The summed E-state index contributed by atoms with van der Waals surface area (Å²) in [5.74, 6) is 0. The molecule has 0 amide bonds. The first-order valence-electron chi connectivity index (χ1n) is 4.01. The molecule has 0 bridgehead atoms. The summed E-state index contributed by atoms with van der Waals surface area (Å²) in [7, 11) is -3.21. The van der Waals surface area contributed by atoms with Crippen LogP contribution in [-0.4, -0.2) is 19.6 Å². The SMILES string of the molecule is CS(=O)(=O)C=Cc1cccc([N+](=O)[O-])c1. The molecular weight excluding hydrogens is 218 g/mol. The van der Waals surface area contributed by atoms with Gasteiger partial charge in [0.2, 0.25) is 0 Å². The van der Waals surface area contributed by atoms with E-state index in [9.17, 15) is 18.5 Å². The van der Waals surface area contributed by atoms with E-state index in [1.54, 1.807) is 6.07 Å². The van der Waals surface area contributed by atoms with Gasteiger partial charge in [-0.1, -0.05) is 12.1 Å². The highest BCUT2D eigenvalue weighted by molar-refractivity contribution is 7.93. The summed E-state index contributed by atoms with van der Waals surface area (Å²) in [4.78, 5) is 9.89. The fourth-order valence-corrected chi connectivity index (χ4v) is 1.35. The quantitative estimate of drug-likeness (QED) is 0.580. The molecule has 15 heavy (non-hydrogen) atoms. The molecule has 0 saturated carbocycles. The molecule has 1 aromatic carbocycles. The topological polar surface area (TPSA) is 77.3 Å². The minimum Gasteiger partial charge on any atom is -0.258 e. The molecule has 0 N–H and O–H groups in total. The van der Waals surface area contributed by atoms with Crippen molar-refractivity contribution in [2.75, 3.05) is 6.26 Å². The molecule has 0 aliphatic carbocycles. The van der Waals surface area contributed by atoms with E-state index in [4.69, 9.17) is 0 Å². The number of nitro groups is 1. The molecule has 80 valence electrons. The normalized spacial score (nSPS) is 11.8. The number of sulfone groups is 1. The van der Waals surface area contributed by atoms with Gasteiger partial charge in [-0.25, -0.2) is 8.42 Å². The lowest BCUT2D eigenvalue weighted by Crippen LogP contribution is -1.89. The van der Waals surface area contributed by atoms with Gasteiger partial charge in [-0.15, -0.1) is 0 Å². The largest absolute Gasteiger partial charge is 0.270 e. The van der Waals surface area contributed by atoms with Crippen LogP contribution in [0.1, 0.15) is 5.56 Å². The van der Waals surface area contributed by atoms with Crippen molar-refractivity contribution in [3.8, 4) is 0 Å². The molecule has 0 atom stereocenters. The molecule has 0 unspecified atom stereocenters. The number of nitrogens with zero attached hydrogens (tertiary/aromatic N) is 1. The molecule has 1 aromatic rings. The molecule has 6 heteroatoms. The second kappa shape index (κ2) is 4.22. The standard InChI is InChI=1S/C9H9NO4S/c1-15(13,14)6-5-8-3-2-4-9(7-8)10(11)12/h2-7H,1H3. The van der Waals surface area contributed by atoms with Gasteiger partial charge >= 0.3 is 0 Å². The molecule has 0 aromatic heterocycles. The van der Waals surface area contributed by atoms with E-state index >= 15 is 0 Å². The molecule has 0 heterocycles. The Balaban J connectivity index is 3.02. The first kappa shape index (κ1) is 11.4. The zero-order chi connectivity index (χ0) is 11.5. The summed E-state index contributed by atoms with van der Waals surface area (Å²) in [5.41, 5.74) is 0.417. The Morgan fingerprint density at radius 3 is 2.60 bits per heavy atom. The van der Waals surface area contributed by atoms with E-state index < -0.39 is 14.8 Å². The third kappa shape index (κ3) is 3.90. The van der Waals surface area contributed by atoms with E-state index in [0.29, 0.717) is 5.56 Å². The molecule has 0 aliphatic rings. The van der Waals surface area contributed by atoms with Crippen LogP contribution >= 0.6 is 0 Å². The van der Waals surface area contributed by atoms with E-state index in [-0.39, 0.29) is 5.69 Å². The fraction of sp³-hybridized carbons (Fsp3) is 0.111. The Kier molecular flexibility index (Phi) is 3.21. The van der Waals surface area contributed by atoms with Crippen LogP contribution in [0.5, 0.6) is 0 Å². The number of benzene rings is 1. The molecular formula is C9H9NO4S. The molecule has 0 aliphatic heterocycles. The van der Waals surface area contributed by atoms with E-state index in [1.807, 2.05) is 0 Å². The predicted molar refractivity (Wildman–Crippen MR) is 57.0 cm³/mol. The summed E-state index contributed by atoms with van der Waals surface area (Å²) in [6.07, 6.45) is 2.38. The van der Waals surface area contributed by atoms with Crippen molar-refractivity contribution in [2.24, 2.45) is 0 Å². The van der Waals surface area contributed by atoms with Crippen LogP contribution in [0.3, 0.4) is 0 Å². The van der Waals surface area contributed by atoms with Crippen molar-refractivity contribution in [1.29, 1.82) is 0 Å². The number of hydrogen-bond donors (Lipinski definition) is 0. The van der Waals surface area contributed by atoms with Crippen LogP contribution in [0.15, 0.2) is 29.7 Å². The van der Waals surface area contributed by atoms with Crippen LogP contribution in [0.2, 0.25) is 0 Å². The first-order chi connectivity index (χ1) is 6.88. The third-order valence-electron chi connectivity index (χ3n) is 1.59. The van der Waals surface area contributed by atoms with Gasteiger partial charge in [0.1, 0.15) is 0 Å². The van der Waals surface area contributed by atoms with Gasteiger partial charge in [0.25, 0.3) is 5.69 Å². The highest BCUT2D eigenvalue weighted by atomic mass is 32.2. The van der Waals surface area contributed by atoms with E-state index in [2.05, 4.69) is 0 Å². The molecule has 0 spiro atoms. The van der Waals surface area contributed by atoms with Crippen LogP contribution in [0, 0.1) is 10.1 Å². The number of hydrogen-bond acceptors (Lipinski definition) is 4. The zero-order valence-corrected chi connectivity index (χ0v) is 8.77. The minimum atomic E-state index is -3.21. The van der Waals surface area contributed by atoms with Crippen molar-refractivity contribution >= 4 is 21.6 Å². The van der Waals surface area contributed by atoms with Crippen molar-refractivity contribution in [2.45, 2.75) is 0 Å². The Morgan fingerprint density at radius 2 is 2.07 bits per heavy atom. The molecule has 1 rings (SSSR count). The van der Waals surface area contributed by atoms with Crippen molar-refractivity contribution in [3.05, 3.63) is 45.4 Å². The lowest BCUT2D eigenvalue weighted by atomic mass is 10.2. The zero-order valence-electron chi connectivity index (χ0n) is 7.95. The molecule has 0 radical (unpaired) electrons. The summed E-state index contributed by atoms with van der Waals surface area (Å²) < 4.78 is 21.6. The molecule has 0 fully saturated rings. The smallest absolute Gasteiger partial charge is 0.258 e. The first-order valence-corrected chi connectivity index (χ1v) is 5.96. The highest BCUT2D eigenvalue weighted by Gasteiger charge is 2.03. The van der Waals surface area contributed by atoms with Gasteiger partial charge < -0.3 is 0 Å². The summed E-state index contributed by atoms with van der Waals surface area (Å²) >= 11 is 0. The Labute approximate surface area is 87.1 Å². The maximum Gasteiger partial charge on any atom is 0.270 e. The average molecular weight is 227 g/mol.